The maximum absolute atomic E-state index is 13.7. The summed E-state index contributed by atoms with van der Waals surface area (Å²) in [6.45, 7) is 0. The largest absolute Gasteiger partial charge is 0.313 e. The van der Waals surface area contributed by atoms with Crippen molar-refractivity contribution in [3.63, 3.8) is 0 Å². The molecular formula is C15H14BrClFN. The first-order valence-electron chi connectivity index (χ1n) is 5.97. The number of halogens is 3. The van der Waals surface area contributed by atoms with Crippen LogP contribution in [0.4, 0.5) is 4.39 Å². The van der Waals surface area contributed by atoms with Crippen LogP contribution in [0.5, 0.6) is 0 Å². The molecule has 0 bridgehead atoms. The Hall–Kier alpha value is -0.900. The minimum absolute atomic E-state index is 0.0203. The first-order valence-corrected chi connectivity index (χ1v) is 7.14. The first kappa shape index (κ1) is 14.5. The first-order chi connectivity index (χ1) is 9.10. The van der Waals surface area contributed by atoms with E-state index in [0.29, 0.717) is 17.0 Å². The number of likely N-dealkylation sites (N-methyl/N-ethyl adjacent to an activating group) is 1. The molecule has 0 spiro atoms. The topological polar surface area (TPSA) is 12.0 Å². The van der Waals surface area contributed by atoms with E-state index in [0.717, 1.165) is 10.0 Å². The van der Waals surface area contributed by atoms with Crippen LogP contribution in [-0.4, -0.2) is 7.05 Å². The highest BCUT2D eigenvalue weighted by molar-refractivity contribution is 9.10. The Morgan fingerprint density at radius 3 is 2.63 bits per heavy atom. The molecule has 0 amide bonds. The summed E-state index contributed by atoms with van der Waals surface area (Å²) in [5.41, 5.74) is 1.73. The number of hydrogen-bond acceptors (Lipinski definition) is 1. The molecule has 100 valence electrons. The van der Waals surface area contributed by atoms with Crippen LogP contribution < -0.4 is 5.32 Å². The molecule has 0 aromatic heterocycles. The van der Waals surface area contributed by atoms with Gasteiger partial charge in [0.2, 0.25) is 0 Å². The minimum Gasteiger partial charge on any atom is -0.313 e. The van der Waals surface area contributed by atoms with E-state index < -0.39 is 0 Å². The lowest BCUT2D eigenvalue weighted by atomic mass is 9.99. The molecule has 1 N–H and O–H groups in total. The van der Waals surface area contributed by atoms with Crippen LogP contribution in [0.1, 0.15) is 17.2 Å². The number of nitrogens with one attached hydrogen (secondary N) is 1. The molecule has 0 aliphatic carbocycles. The minimum atomic E-state index is -0.177. The second-order valence-electron chi connectivity index (χ2n) is 4.34. The fraction of sp³-hybridized carbons (Fsp3) is 0.200. The van der Waals surface area contributed by atoms with Gasteiger partial charge in [0.25, 0.3) is 0 Å². The zero-order valence-corrected chi connectivity index (χ0v) is 12.8. The number of benzene rings is 2. The standard InChI is InChI=1S/C15H14BrClFN/c1-19-15(8-10-4-2-3-5-14(10)18)11-6-12(16)9-13(17)7-11/h2-7,9,15,19H,8H2,1H3. The van der Waals surface area contributed by atoms with Crippen LogP contribution in [0.25, 0.3) is 0 Å². The molecule has 1 nitrogen and oxygen atoms in total. The summed E-state index contributed by atoms with van der Waals surface area (Å²) in [5, 5.41) is 3.87. The lowest BCUT2D eigenvalue weighted by Crippen LogP contribution is -2.19. The maximum atomic E-state index is 13.7. The van der Waals surface area contributed by atoms with Gasteiger partial charge in [0.15, 0.2) is 0 Å². The molecule has 1 atom stereocenters. The zero-order chi connectivity index (χ0) is 13.8. The Labute approximate surface area is 125 Å². The lowest BCUT2D eigenvalue weighted by molar-refractivity contribution is 0.554. The second-order valence-corrected chi connectivity index (χ2v) is 5.69. The van der Waals surface area contributed by atoms with Crippen LogP contribution in [0.15, 0.2) is 46.9 Å². The van der Waals surface area contributed by atoms with Crippen molar-refractivity contribution >= 4 is 27.5 Å². The smallest absolute Gasteiger partial charge is 0.126 e. The summed E-state index contributed by atoms with van der Waals surface area (Å²) in [4.78, 5) is 0. The van der Waals surface area contributed by atoms with Crippen LogP contribution >= 0.6 is 27.5 Å². The molecule has 4 heteroatoms. The molecule has 2 rings (SSSR count). The van der Waals surface area contributed by atoms with Crippen LogP contribution in [0.2, 0.25) is 5.02 Å². The molecule has 19 heavy (non-hydrogen) atoms. The molecule has 0 aliphatic rings. The summed E-state index contributed by atoms with van der Waals surface area (Å²) in [6.07, 6.45) is 0.579. The monoisotopic (exact) mass is 341 g/mol. The van der Waals surface area contributed by atoms with Crippen molar-refractivity contribution in [3.8, 4) is 0 Å². The summed E-state index contributed by atoms with van der Waals surface area (Å²) < 4.78 is 14.6. The zero-order valence-electron chi connectivity index (χ0n) is 10.5. The second kappa shape index (κ2) is 6.51. The summed E-state index contributed by atoms with van der Waals surface area (Å²) >= 11 is 9.48. The van der Waals surface area contributed by atoms with E-state index in [9.17, 15) is 4.39 Å². The average Bonchev–Trinajstić information content (AvgIpc) is 2.36. The van der Waals surface area contributed by atoms with Gasteiger partial charge in [-0.05, 0) is 48.9 Å². The van der Waals surface area contributed by atoms with Gasteiger partial charge in [-0.25, -0.2) is 4.39 Å². The van der Waals surface area contributed by atoms with Gasteiger partial charge in [-0.2, -0.15) is 0 Å². The fourth-order valence-corrected chi connectivity index (χ4v) is 2.93. The quantitative estimate of drug-likeness (QED) is 0.846. The van der Waals surface area contributed by atoms with E-state index in [1.807, 2.05) is 31.3 Å². The molecule has 0 heterocycles. The van der Waals surface area contributed by atoms with E-state index in [1.165, 1.54) is 6.07 Å². The van der Waals surface area contributed by atoms with Gasteiger partial charge in [0, 0.05) is 15.5 Å². The van der Waals surface area contributed by atoms with Crippen molar-refractivity contribution in [1.82, 2.24) is 5.32 Å². The van der Waals surface area contributed by atoms with Crippen molar-refractivity contribution in [3.05, 3.63) is 68.9 Å². The van der Waals surface area contributed by atoms with Gasteiger partial charge in [0.1, 0.15) is 5.82 Å². The van der Waals surface area contributed by atoms with Gasteiger partial charge >= 0.3 is 0 Å². The number of hydrogen-bond donors (Lipinski definition) is 1. The average molecular weight is 343 g/mol. The molecule has 0 aliphatic heterocycles. The molecular weight excluding hydrogens is 329 g/mol. The SMILES string of the molecule is CNC(Cc1ccccc1F)c1cc(Cl)cc(Br)c1. The summed E-state index contributed by atoms with van der Waals surface area (Å²) in [6, 6.07) is 12.6. The van der Waals surface area contributed by atoms with Crippen LogP contribution in [-0.2, 0) is 6.42 Å². The predicted molar refractivity (Wildman–Crippen MR) is 81.1 cm³/mol. The van der Waals surface area contributed by atoms with Gasteiger partial charge in [-0.1, -0.05) is 45.7 Å². The number of rotatable bonds is 4. The highest BCUT2D eigenvalue weighted by Crippen LogP contribution is 2.26. The molecule has 0 radical (unpaired) electrons. The van der Waals surface area contributed by atoms with E-state index in [2.05, 4.69) is 21.2 Å². The van der Waals surface area contributed by atoms with Crippen molar-refractivity contribution in [2.24, 2.45) is 0 Å². The van der Waals surface area contributed by atoms with Crippen molar-refractivity contribution in [2.45, 2.75) is 12.5 Å². The van der Waals surface area contributed by atoms with E-state index >= 15 is 0 Å². The lowest BCUT2D eigenvalue weighted by Gasteiger charge is -2.18. The van der Waals surface area contributed by atoms with Crippen molar-refractivity contribution < 1.29 is 4.39 Å². The molecule has 2 aromatic rings. The fourth-order valence-electron chi connectivity index (χ4n) is 2.05. The normalized spacial score (nSPS) is 12.4. The Morgan fingerprint density at radius 1 is 1.26 bits per heavy atom. The summed E-state index contributed by atoms with van der Waals surface area (Å²) in [7, 11) is 1.86. The third-order valence-electron chi connectivity index (χ3n) is 3.02. The Bertz CT molecular complexity index is 554. The van der Waals surface area contributed by atoms with Crippen molar-refractivity contribution in [1.29, 1.82) is 0 Å². The molecule has 0 fully saturated rings. The van der Waals surface area contributed by atoms with Gasteiger partial charge < -0.3 is 5.32 Å². The van der Waals surface area contributed by atoms with E-state index in [4.69, 9.17) is 11.6 Å². The molecule has 0 saturated carbocycles. The molecule has 1 unspecified atom stereocenters. The van der Waals surface area contributed by atoms with Gasteiger partial charge in [-0.3, -0.25) is 0 Å². The van der Waals surface area contributed by atoms with Crippen molar-refractivity contribution in [2.75, 3.05) is 7.05 Å². The Morgan fingerprint density at radius 2 is 2.00 bits per heavy atom. The van der Waals surface area contributed by atoms with Gasteiger partial charge in [-0.15, -0.1) is 0 Å². The Kier molecular flexibility index (Phi) is 4.97. The van der Waals surface area contributed by atoms with E-state index in [1.54, 1.807) is 12.1 Å². The third-order valence-corrected chi connectivity index (χ3v) is 3.69. The Balaban J connectivity index is 2.28. The third kappa shape index (κ3) is 3.78. The maximum Gasteiger partial charge on any atom is 0.126 e. The van der Waals surface area contributed by atoms with Crippen LogP contribution in [0.3, 0.4) is 0 Å². The molecule has 2 aromatic carbocycles. The van der Waals surface area contributed by atoms with Crippen LogP contribution in [0, 0.1) is 5.82 Å². The highest BCUT2D eigenvalue weighted by atomic mass is 79.9. The highest BCUT2D eigenvalue weighted by Gasteiger charge is 2.13. The van der Waals surface area contributed by atoms with E-state index in [-0.39, 0.29) is 11.9 Å². The predicted octanol–water partition coefficient (Wildman–Crippen LogP) is 4.74. The van der Waals surface area contributed by atoms with Gasteiger partial charge in [0.05, 0.1) is 0 Å². The molecule has 0 saturated heterocycles. The summed E-state index contributed by atoms with van der Waals surface area (Å²) in [5.74, 6) is -0.177.